The zero-order valence-corrected chi connectivity index (χ0v) is 10.0. The summed E-state index contributed by atoms with van der Waals surface area (Å²) in [5, 5.41) is 0. The molecule has 2 heterocycles. The van der Waals surface area contributed by atoms with E-state index in [0.29, 0.717) is 0 Å². The van der Waals surface area contributed by atoms with Crippen LogP contribution in [0.2, 0.25) is 0 Å². The van der Waals surface area contributed by atoms with Gasteiger partial charge >= 0.3 is 0 Å². The first-order valence-electron chi connectivity index (χ1n) is 5.05. The molecule has 1 aromatic rings. The van der Waals surface area contributed by atoms with E-state index in [2.05, 4.69) is 34.0 Å². The molecule has 4 nitrogen and oxygen atoms in total. The van der Waals surface area contributed by atoms with Crippen molar-refractivity contribution in [2.75, 3.05) is 37.0 Å². The summed E-state index contributed by atoms with van der Waals surface area (Å²) in [6, 6.07) is 6.13. The van der Waals surface area contributed by atoms with Gasteiger partial charge in [0.2, 0.25) is 5.96 Å². The highest BCUT2D eigenvalue weighted by atomic mass is 35.5. The standard InChI is InChI=1S/C11H13N3O.ClH/c1-13-9-4-3-8(15-2)7-10(9)14-6-5-12-11(13)14;/h3-4,7H,5-6H2,1-2H3;1H/p-1. The molecule has 2 aliphatic heterocycles. The van der Waals surface area contributed by atoms with E-state index >= 15 is 0 Å². The van der Waals surface area contributed by atoms with E-state index in [0.717, 1.165) is 24.8 Å². The Hall–Kier alpha value is -1.42. The molecule has 0 fully saturated rings. The lowest BCUT2D eigenvalue weighted by Crippen LogP contribution is -3.00. The number of hydrogen-bond donors (Lipinski definition) is 0. The molecule has 16 heavy (non-hydrogen) atoms. The maximum absolute atomic E-state index is 5.24. The topological polar surface area (TPSA) is 28.1 Å². The lowest BCUT2D eigenvalue weighted by atomic mass is 10.2. The molecule has 0 unspecified atom stereocenters. The van der Waals surface area contributed by atoms with Crippen LogP contribution in [0.15, 0.2) is 23.2 Å². The average Bonchev–Trinajstić information content (AvgIpc) is 2.83. The Bertz CT molecular complexity index is 447. The van der Waals surface area contributed by atoms with E-state index in [4.69, 9.17) is 4.74 Å². The lowest BCUT2D eigenvalue weighted by molar-refractivity contribution is -0.00000331. The summed E-state index contributed by atoms with van der Waals surface area (Å²) in [4.78, 5) is 8.84. The van der Waals surface area contributed by atoms with Gasteiger partial charge in [0.05, 0.1) is 25.0 Å². The van der Waals surface area contributed by atoms with E-state index in [9.17, 15) is 0 Å². The van der Waals surface area contributed by atoms with Crippen molar-refractivity contribution in [3.8, 4) is 5.75 Å². The van der Waals surface area contributed by atoms with Crippen LogP contribution >= 0.6 is 0 Å². The molecule has 0 aliphatic carbocycles. The first-order valence-corrected chi connectivity index (χ1v) is 5.05. The summed E-state index contributed by atoms with van der Waals surface area (Å²) in [6.07, 6.45) is 0. The number of methoxy groups -OCH3 is 1. The molecular weight excluding hydrogens is 226 g/mol. The molecule has 0 radical (unpaired) electrons. The van der Waals surface area contributed by atoms with Crippen LogP contribution < -0.4 is 26.9 Å². The first-order chi connectivity index (χ1) is 7.31. The molecule has 5 heteroatoms. The molecular formula is C11H13ClN3O-. The van der Waals surface area contributed by atoms with Gasteiger partial charge in [-0.1, -0.05) is 0 Å². The van der Waals surface area contributed by atoms with Crippen LogP contribution in [-0.4, -0.2) is 33.2 Å². The Morgan fingerprint density at radius 2 is 2.12 bits per heavy atom. The molecule has 0 saturated heterocycles. The molecule has 1 aromatic carbocycles. The number of aliphatic imine (C=N–C) groups is 1. The molecule has 0 amide bonds. The van der Waals surface area contributed by atoms with Gasteiger partial charge in [0, 0.05) is 19.7 Å². The zero-order chi connectivity index (χ0) is 10.4. The van der Waals surface area contributed by atoms with Gasteiger partial charge in [-0.3, -0.25) is 4.99 Å². The Labute approximate surface area is 101 Å². The Balaban J connectivity index is 0.000000963. The second-order valence-corrected chi connectivity index (χ2v) is 3.75. The molecule has 0 spiro atoms. The van der Waals surface area contributed by atoms with Crippen molar-refractivity contribution >= 4 is 17.3 Å². The summed E-state index contributed by atoms with van der Waals surface area (Å²) in [6.45, 7) is 1.86. The predicted molar refractivity (Wildman–Crippen MR) is 61.0 cm³/mol. The number of anilines is 2. The minimum atomic E-state index is 0. The van der Waals surface area contributed by atoms with Gasteiger partial charge in [-0.25, -0.2) is 0 Å². The van der Waals surface area contributed by atoms with Crippen LogP contribution in [-0.2, 0) is 0 Å². The van der Waals surface area contributed by atoms with E-state index in [1.165, 1.54) is 11.4 Å². The smallest absolute Gasteiger partial charge is 0.205 e. The number of hydrogen-bond acceptors (Lipinski definition) is 4. The minimum Gasteiger partial charge on any atom is -1.00 e. The highest BCUT2D eigenvalue weighted by molar-refractivity contribution is 6.16. The molecule has 0 saturated carbocycles. The summed E-state index contributed by atoms with van der Waals surface area (Å²) in [7, 11) is 3.74. The second-order valence-electron chi connectivity index (χ2n) is 3.75. The predicted octanol–water partition coefficient (Wildman–Crippen LogP) is -1.67. The Morgan fingerprint density at radius 1 is 1.31 bits per heavy atom. The normalized spacial score (nSPS) is 16.5. The van der Waals surface area contributed by atoms with Crippen LogP contribution in [0.25, 0.3) is 0 Å². The molecule has 0 aromatic heterocycles. The largest absolute Gasteiger partial charge is 1.00 e. The highest BCUT2D eigenvalue weighted by Gasteiger charge is 2.32. The van der Waals surface area contributed by atoms with Crippen molar-refractivity contribution < 1.29 is 17.1 Å². The van der Waals surface area contributed by atoms with E-state index < -0.39 is 0 Å². The Kier molecular flexibility index (Phi) is 2.68. The molecule has 0 bridgehead atoms. The van der Waals surface area contributed by atoms with Crippen LogP contribution in [0.5, 0.6) is 5.75 Å². The van der Waals surface area contributed by atoms with Crippen molar-refractivity contribution in [3.63, 3.8) is 0 Å². The molecule has 86 valence electrons. The number of fused-ring (bicyclic) bond motifs is 3. The van der Waals surface area contributed by atoms with Gasteiger partial charge in [-0.2, -0.15) is 0 Å². The minimum absolute atomic E-state index is 0. The molecule has 0 atom stereocenters. The zero-order valence-electron chi connectivity index (χ0n) is 9.27. The number of halogens is 1. The third-order valence-electron chi connectivity index (χ3n) is 2.95. The fourth-order valence-corrected chi connectivity index (χ4v) is 2.19. The van der Waals surface area contributed by atoms with Gasteiger partial charge in [-0.15, -0.1) is 0 Å². The summed E-state index contributed by atoms with van der Waals surface area (Å²) in [5.74, 6) is 1.95. The van der Waals surface area contributed by atoms with E-state index in [1.54, 1.807) is 7.11 Å². The van der Waals surface area contributed by atoms with Crippen LogP contribution in [0.3, 0.4) is 0 Å². The van der Waals surface area contributed by atoms with E-state index in [-0.39, 0.29) is 12.4 Å². The van der Waals surface area contributed by atoms with Crippen molar-refractivity contribution in [3.05, 3.63) is 18.2 Å². The Morgan fingerprint density at radius 3 is 2.88 bits per heavy atom. The van der Waals surface area contributed by atoms with Crippen LogP contribution in [0.1, 0.15) is 0 Å². The summed E-state index contributed by atoms with van der Waals surface area (Å²) in [5.41, 5.74) is 2.40. The van der Waals surface area contributed by atoms with Gasteiger partial charge in [0.25, 0.3) is 0 Å². The van der Waals surface area contributed by atoms with Crippen molar-refractivity contribution in [2.24, 2.45) is 4.99 Å². The van der Waals surface area contributed by atoms with Gasteiger partial charge in [0.15, 0.2) is 0 Å². The fraction of sp³-hybridized carbons (Fsp3) is 0.364. The van der Waals surface area contributed by atoms with Crippen molar-refractivity contribution in [1.29, 1.82) is 0 Å². The first kappa shape index (κ1) is 11.1. The van der Waals surface area contributed by atoms with E-state index in [1.807, 2.05) is 6.07 Å². The molecule has 3 rings (SSSR count). The number of nitrogens with zero attached hydrogens (tertiary/aromatic N) is 3. The summed E-state index contributed by atoms with van der Waals surface area (Å²) < 4.78 is 5.24. The van der Waals surface area contributed by atoms with Crippen LogP contribution in [0, 0.1) is 0 Å². The van der Waals surface area contributed by atoms with Crippen molar-refractivity contribution in [2.45, 2.75) is 0 Å². The number of guanidine groups is 1. The monoisotopic (exact) mass is 238 g/mol. The molecule has 2 aliphatic rings. The fourth-order valence-electron chi connectivity index (χ4n) is 2.19. The number of rotatable bonds is 1. The number of benzene rings is 1. The quantitative estimate of drug-likeness (QED) is 0.586. The number of ether oxygens (including phenoxy) is 1. The maximum Gasteiger partial charge on any atom is 0.205 e. The highest BCUT2D eigenvalue weighted by Crippen LogP contribution is 2.39. The van der Waals surface area contributed by atoms with Gasteiger partial charge < -0.3 is 26.9 Å². The SMILES string of the molecule is COc1ccc2c(c1)N1CCN=C1N2C.[Cl-]. The molecule has 0 N–H and O–H groups in total. The van der Waals surface area contributed by atoms with Gasteiger partial charge in [0.1, 0.15) is 5.75 Å². The summed E-state index contributed by atoms with van der Waals surface area (Å²) >= 11 is 0. The third kappa shape index (κ3) is 1.33. The third-order valence-corrected chi connectivity index (χ3v) is 2.95. The van der Waals surface area contributed by atoms with Crippen molar-refractivity contribution in [1.82, 2.24) is 0 Å². The van der Waals surface area contributed by atoms with Gasteiger partial charge in [-0.05, 0) is 12.1 Å². The average molecular weight is 239 g/mol. The lowest BCUT2D eigenvalue weighted by Gasteiger charge is -2.13. The maximum atomic E-state index is 5.24. The van der Waals surface area contributed by atoms with Crippen LogP contribution in [0.4, 0.5) is 11.4 Å². The second kappa shape index (κ2) is 3.87.